The lowest BCUT2D eigenvalue weighted by Gasteiger charge is -2.25. The van der Waals surface area contributed by atoms with Crippen molar-refractivity contribution in [3.63, 3.8) is 0 Å². The highest BCUT2D eigenvalue weighted by Crippen LogP contribution is 2.35. The zero-order chi connectivity index (χ0) is 23.8. The monoisotopic (exact) mass is 531 g/mol. The van der Waals surface area contributed by atoms with Crippen molar-refractivity contribution in [3.05, 3.63) is 82.8 Å². The van der Waals surface area contributed by atoms with Crippen molar-refractivity contribution < 1.29 is 22.7 Å². The number of nitrogens with one attached hydrogen (secondary N) is 1. The van der Waals surface area contributed by atoms with Crippen molar-refractivity contribution in [1.29, 1.82) is 0 Å². The van der Waals surface area contributed by atoms with Crippen LogP contribution in [0.15, 0.2) is 87.3 Å². The first-order valence-corrected chi connectivity index (χ1v) is 12.0. The van der Waals surface area contributed by atoms with E-state index in [-0.39, 0.29) is 16.3 Å². The lowest BCUT2D eigenvalue weighted by molar-refractivity contribution is -0.119. The van der Waals surface area contributed by atoms with Crippen LogP contribution >= 0.6 is 15.9 Å². The average molecular weight is 532 g/mol. The molecule has 3 aromatic carbocycles. The molecule has 0 aliphatic rings. The molecule has 8 nitrogen and oxygen atoms in total. The molecule has 0 aliphatic carbocycles. The Morgan fingerprint density at radius 2 is 1.79 bits per heavy atom. The summed E-state index contributed by atoms with van der Waals surface area (Å²) >= 11 is 3.37. The van der Waals surface area contributed by atoms with E-state index >= 15 is 0 Å². The molecule has 0 atom stereocenters. The van der Waals surface area contributed by atoms with E-state index in [2.05, 4.69) is 26.5 Å². The molecule has 0 heterocycles. The number of ether oxygens (including phenoxy) is 2. The fraction of sp³-hybridized carbons (Fsp3) is 0.130. The van der Waals surface area contributed by atoms with Crippen molar-refractivity contribution in [2.45, 2.75) is 4.90 Å². The Kier molecular flexibility index (Phi) is 8.07. The highest BCUT2D eigenvalue weighted by molar-refractivity contribution is 9.10. The number of carbonyl (C=O) groups excluding carboxylic acids is 1. The van der Waals surface area contributed by atoms with E-state index in [0.29, 0.717) is 5.75 Å². The van der Waals surface area contributed by atoms with Gasteiger partial charge in [0.2, 0.25) is 0 Å². The van der Waals surface area contributed by atoms with E-state index in [1.807, 2.05) is 24.3 Å². The number of rotatable bonds is 9. The minimum atomic E-state index is -4.09. The van der Waals surface area contributed by atoms with Gasteiger partial charge in [-0.1, -0.05) is 46.3 Å². The summed E-state index contributed by atoms with van der Waals surface area (Å²) in [5.41, 5.74) is 3.33. The Morgan fingerprint density at radius 3 is 2.45 bits per heavy atom. The lowest BCUT2D eigenvalue weighted by atomic mass is 10.2. The summed E-state index contributed by atoms with van der Waals surface area (Å²) in [6, 6.07) is 19.8. The van der Waals surface area contributed by atoms with Crippen LogP contribution in [0.4, 0.5) is 5.69 Å². The van der Waals surface area contributed by atoms with Crippen LogP contribution < -0.4 is 19.2 Å². The highest BCUT2D eigenvalue weighted by atomic mass is 79.9. The number of sulfonamides is 1. The van der Waals surface area contributed by atoms with E-state index < -0.39 is 22.5 Å². The summed E-state index contributed by atoms with van der Waals surface area (Å²) in [6.07, 6.45) is 1.46. The number of nitrogens with zero attached hydrogens (tertiary/aromatic N) is 2. The highest BCUT2D eigenvalue weighted by Gasteiger charge is 2.29. The molecule has 172 valence electrons. The maximum atomic E-state index is 13.4. The van der Waals surface area contributed by atoms with Crippen LogP contribution in [0.2, 0.25) is 0 Å². The van der Waals surface area contributed by atoms with Gasteiger partial charge in [-0.2, -0.15) is 5.10 Å². The second-order valence-electron chi connectivity index (χ2n) is 6.71. The molecule has 3 aromatic rings. The number of carbonyl (C=O) groups is 1. The van der Waals surface area contributed by atoms with Crippen molar-refractivity contribution in [1.82, 2.24) is 5.43 Å². The molecule has 10 heteroatoms. The first-order valence-electron chi connectivity index (χ1n) is 9.72. The van der Waals surface area contributed by atoms with Gasteiger partial charge in [0.25, 0.3) is 15.9 Å². The van der Waals surface area contributed by atoms with Gasteiger partial charge in [-0.3, -0.25) is 9.10 Å². The standard InChI is InChI=1S/C23H22BrN3O5S/c1-31-19-11-12-21(22(14-19)32-2)27(33(29,30)20-9-4-3-5-10-20)16-23(28)26-25-15-17-7-6-8-18(24)13-17/h3-15H,16H2,1-2H3,(H,26,28)/b25-15-. The fourth-order valence-corrected chi connectivity index (χ4v) is 4.81. The normalized spacial score (nSPS) is 11.2. The van der Waals surface area contributed by atoms with Gasteiger partial charge in [0, 0.05) is 10.5 Å². The van der Waals surface area contributed by atoms with E-state index in [1.165, 1.54) is 38.6 Å². The summed E-state index contributed by atoms with van der Waals surface area (Å²) in [5, 5.41) is 3.94. The number of anilines is 1. The Morgan fingerprint density at radius 1 is 1.03 bits per heavy atom. The smallest absolute Gasteiger partial charge is 0.264 e. The van der Waals surface area contributed by atoms with E-state index in [1.54, 1.807) is 30.3 Å². The molecule has 1 N–H and O–H groups in total. The molecular weight excluding hydrogens is 510 g/mol. The minimum Gasteiger partial charge on any atom is -0.497 e. The topological polar surface area (TPSA) is 97.3 Å². The van der Waals surface area contributed by atoms with Crippen molar-refractivity contribution >= 4 is 43.8 Å². The molecule has 0 unspecified atom stereocenters. The molecule has 0 spiro atoms. The van der Waals surface area contributed by atoms with Gasteiger partial charge in [0.1, 0.15) is 18.0 Å². The molecule has 0 fully saturated rings. The van der Waals surface area contributed by atoms with E-state index in [4.69, 9.17) is 9.47 Å². The second kappa shape index (κ2) is 11.0. The van der Waals surface area contributed by atoms with Crippen LogP contribution in [0.1, 0.15) is 5.56 Å². The molecule has 0 radical (unpaired) electrons. The van der Waals surface area contributed by atoms with Gasteiger partial charge in [0.15, 0.2) is 0 Å². The Bertz CT molecular complexity index is 1250. The summed E-state index contributed by atoms with van der Waals surface area (Å²) in [6.45, 7) is -0.518. The molecule has 1 amide bonds. The summed E-state index contributed by atoms with van der Waals surface area (Å²) < 4.78 is 39.3. The molecule has 0 aromatic heterocycles. The molecule has 0 bridgehead atoms. The number of benzene rings is 3. The minimum absolute atomic E-state index is 0.0355. The average Bonchev–Trinajstić information content (AvgIpc) is 2.82. The third-order valence-corrected chi connectivity index (χ3v) is 6.79. The van der Waals surface area contributed by atoms with Crippen LogP contribution in [0.25, 0.3) is 0 Å². The molecule has 0 aliphatic heterocycles. The van der Waals surface area contributed by atoms with Gasteiger partial charge < -0.3 is 9.47 Å². The molecule has 0 saturated carbocycles. The van der Waals surface area contributed by atoms with Crippen LogP contribution in [0, 0.1) is 0 Å². The fourth-order valence-electron chi connectivity index (χ4n) is 2.94. The number of hydrazone groups is 1. The third-order valence-electron chi connectivity index (χ3n) is 4.53. The Hall–Kier alpha value is -3.37. The molecular formula is C23H22BrN3O5S. The number of hydrogen-bond donors (Lipinski definition) is 1. The number of amides is 1. The second-order valence-corrected chi connectivity index (χ2v) is 9.49. The predicted octanol–water partition coefficient (Wildman–Crippen LogP) is 3.81. The van der Waals surface area contributed by atoms with Crippen molar-refractivity contribution in [3.8, 4) is 11.5 Å². The van der Waals surface area contributed by atoms with Gasteiger partial charge >= 0.3 is 0 Å². The van der Waals surface area contributed by atoms with Gasteiger partial charge in [-0.15, -0.1) is 0 Å². The Balaban J connectivity index is 1.92. The van der Waals surface area contributed by atoms with Gasteiger partial charge in [0.05, 0.1) is 31.0 Å². The first kappa shape index (κ1) is 24.3. The van der Waals surface area contributed by atoms with Crippen molar-refractivity contribution in [2.75, 3.05) is 25.1 Å². The zero-order valence-corrected chi connectivity index (χ0v) is 20.3. The molecule has 33 heavy (non-hydrogen) atoms. The van der Waals surface area contributed by atoms with Crippen LogP contribution in [0.5, 0.6) is 11.5 Å². The maximum Gasteiger partial charge on any atom is 0.264 e. The number of hydrogen-bond acceptors (Lipinski definition) is 6. The van der Waals surface area contributed by atoms with Crippen LogP contribution in [-0.4, -0.2) is 41.3 Å². The Labute approximate surface area is 201 Å². The van der Waals surface area contributed by atoms with Crippen LogP contribution in [-0.2, 0) is 14.8 Å². The zero-order valence-electron chi connectivity index (χ0n) is 17.9. The third kappa shape index (κ3) is 6.11. The van der Waals surface area contributed by atoms with Crippen LogP contribution in [0.3, 0.4) is 0 Å². The lowest BCUT2D eigenvalue weighted by Crippen LogP contribution is -2.39. The van der Waals surface area contributed by atoms with Gasteiger partial charge in [-0.25, -0.2) is 13.8 Å². The summed E-state index contributed by atoms with van der Waals surface area (Å²) in [4.78, 5) is 12.7. The number of halogens is 1. The predicted molar refractivity (Wildman–Crippen MR) is 130 cm³/mol. The van der Waals surface area contributed by atoms with Crippen molar-refractivity contribution in [2.24, 2.45) is 5.10 Å². The summed E-state index contributed by atoms with van der Waals surface area (Å²) in [5.74, 6) is 0.0913. The van der Waals surface area contributed by atoms with E-state index in [9.17, 15) is 13.2 Å². The number of methoxy groups -OCH3 is 2. The van der Waals surface area contributed by atoms with E-state index in [0.717, 1.165) is 14.3 Å². The van der Waals surface area contributed by atoms with Gasteiger partial charge in [-0.05, 0) is 42.0 Å². The SMILES string of the molecule is COc1ccc(N(CC(=O)N/N=C\c2cccc(Br)c2)S(=O)(=O)c2ccccc2)c(OC)c1. The molecule has 0 saturated heterocycles. The summed E-state index contributed by atoms with van der Waals surface area (Å²) in [7, 11) is -1.19. The quantitative estimate of drug-likeness (QED) is 0.334. The molecule has 3 rings (SSSR count). The maximum absolute atomic E-state index is 13.4. The first-order chi connectivity index (χ1) is 15.8. The largest absolute Gasteiger partial charge is 0.497 e.